The van der Waals surface area contributed by atoms with Crippen molar-refractivity contribution >= 4 is 39.4 Å². The molecule has 4 rings (SSSR count). The molecular weight excluding hydrogens is 522 g/mol. The minimum Gasteiger partial charge on any atom is -0.469 e. The standard InChI is InChI=1S/C28H41N3O5S2/c1-35-28(34)26-22-13-12-21(19-23(26)36-27(33)20-9-3-2-4-10-20)31(22)17-8-7-15-29-24(32)14-18-37-38-25-11-5-6-16-30-25/h2-4,9-10,21-23,25-26,30H,5-8,11-19H2,1H3,(H,29,32). The van der Waals surface area contributed by atoms with Crippen molar-refractivity contribution in [1.29, 1.82) is 0 Å². The highest BCUT2D eigenvalue weighted by atomic mass is 33.1. The molecule has 0 aliphatic carbocycles. The summed E-state index contributed by atoms with van der Waals surface area (Å²) in [6.45, 7) is 2.63. The first-order chi connectivity index (χ1) is 18.6. The lowest BCUT2D eigenvalue weighted by Gasteiger charge is -2.42. The summed E-state index contributed by atoms with van der Waals surface area (Å²) in [5, 5.41) is 7.08. The highest BCUT2D eigenvalue weighted by molar-refractivity contribution is 8.76. The van der Waals surface area contributed by atoms with E-state index in [2.05, 4.69) is 15.5 Å². The van der Waals surface area contributed by atoms with Crippen molar-refractivity contribution in [2.75, 3.05) is 32.5 Å². The van der Waals surface area contributed by atoms with Gasteiger partial charge < -0.3 is 20.1 Å². The highest BCUT2D eigenvalue weighted by Gasteiger charge is 2.52. The van der Waals surface area contributed by atoms with Crippen LogP contribution in [0.5, 0.6) is 0 Å². The molecule has 1 amide bonds. The van der Waals surface area contributed by atoms with Crippen LogP contribution in [0.15, 0.2) is 30.3 Å². The quantitative estimate of drug-likeness (QED) is 0.210. The number of amides is 1. The SMILES string of the molecule is COC(=O)C1C(OC(=O)c2ccccc2)CC2CCC1N2CCCCNC(=O)CCSSC1CCCCN1. The first-order valence-corrected chi connectivity index (χ1v) is 16.3. The van der Waals surface area contributed by atoms with E-state index in [1.54, 1.807) is 35.1 Å². The van der Waals surface area contributed by atoms with E-state index in [4.69, 9.17) is 9.47 Å². The summed E-state index contributed by atoms with van der Waals surface area (Å²) in [7, 11) is 5.04. The molecule has 0 spiro atoms. The minimum atomic E-state index is -0.481. The fourth-order valence-electron chi connectivity index (χ4n) is 5.86. The van der Waals surface area contributed by atoms with Crippen LogP contribution < -0.4 is 10.6 Å². The molecule has 1 aromatic rings. The Hall–Kier alpha value is -1.75. The van der Waals surface area contributed by atoms with Gasteiger partial charge in [-0.1, -0.05) is 39.8 Å². The van der Waals surface area contributed by atoms with Gasteiger partial charge in [0.2, 0.25) is 5.91 Å². The summed E-state index contributed by atoms with van der Waals surface area (Å²) in [4.78, 5) is 40.1. The minimum absolute atomic E-state index is 0.0116. The number of nitrogens with one attached hydrogen (secondary N) is 2. The third kappa shape index (κ3) is 8.13. The number of carbonyl (C=O) groups is 3. The molecule has 2 N–H and O–H groups in total. The van der Waals surface area contributed by atoms with Crippen LogP contribution in [0.4, 0.5) is 0 Å². The fourth-order valence-corrected chi connectivity index (χ4v) is 8.37. The van der Waals surface area contributed by atoms with Gasteiger partial charge in [-0.3, -0.25) is 14.5 Å². The number of methoxy groups -OCH3 is 1. The van der Waals surface area contributed by atoms with E-state index in [1.165, 1.54) is 26.4 Å². The first kappa shape index (κ1) is 29.2. The first-order valence-electron chi connectivity index (χ1n) is 13.9. The number of nitrogens with zero attached hydrogens (tertiary/aromatic N) is 1. The smallest absolute Gasteiger partial charge is 0.338 e. The number of benzene rings is 1. The van der Waals surface area contributed by atoms with Gasteiger partial charge >= 0.3 is 11.9 Å². The Balaban J connectivity index is 1.17. The number of ether oxygens (including phenoxy) is 2. The summed E-state index contributed by atoms with van der Waals surface area (Å²) >= 11 is 0. The Morgan fingerprint density at radius 2 is 1.95 bits per heavy atom. The number of rotatable bonds is 13. The van der Waals surface area contributed by atoms with Crippen molar-refractivity contribution in [2.45, 2.75) is 81.3 Å². The van der Waals surface area contributed by atoms with E-state index in [0.717, 1.165) is 44.5 Å². The van der Waals surface area contributed by atoms with Gasteiger partial charge in [0.1, 0.15) is 12.0 Å². The number of fused-ring (bicyclic) bond motifs is 2. The Kier molecular flexibility index (Phi) is 11.7. The molecule has 0 radical (unpaired) electrons. The second-order valence-corrected chi connectivity index (χ2v) is 13.0. The molecule has 5 unspecified atom stereocenters. The summed E-state index contributed by atoms with van der Waals surface area (Å²) in [5.41, 5.74) is 0.492. The number of carbonyl (C=O) groups excluding carboxylic acids is 3. The molecular formula is C28H41N3O5S2. The topological polar surface area (TPSA) is 97.0 Å². The monoisotopic (exact) mass is 563 g/mol. The molecule has 3 aliphatic rings. The number of esters is 2. The number of piperidine rings is 2. The van der Waals surface area contributed by atoms with E-state index in [1.807, 2.05) is 16.9 Å². The van der Waals surface area contributed by atoms with E-state index in [9.17, 15) is 14.4 Å². The molecule has 3 fully saturated rings. The second-order valence-electron chi connectivity index (χ2n) is 10.3. The molecule has 3 heterocycles. The average molecular weight is 564 g/mol. The number of hydrogen-bond acceptors (Lipinski definition) is 9. The van der Waals surface area contributed by atoms with Gasteiger partial charge in [-0.25, -0.2) is 4.79 Å². The van der Waals surface area contributed by atoms with Crippen molar-refractivity contribution in [3.63, 3.8) is 0 Å². The van der Waals surface area contributed by atoms with Crippen LogP contribution in [0.25, 0.3) is 0 Å². The average Bonchev–Trinajstić information content (AvgIpc) is 3.23. The van der Waals surface area contributed by atoms with Gasteiger partial charge in [0, 0.05) is 37.2 Å². The highest BCUT2D eigenvalue weighted by Crippen LogP contribution is 2.41. The van der Waals surface area contributed by atoms with Crippen molar-refractivity contribution in [3.8, 4) is 0 Å². The maximum Gasteiger partial charge on any atom is 0.338 e. The normalized spacial score (nSPS) is 27.0. The van der Waals surface area contributed by atoms with Crippen LogP contribution in [-0.4, -0.2) is 78.8 Å². The van der Waals surface area contributed by atoms with Crippen LogP contribution in [0, 0.1) is 5.92 Å². The molecule has 0 aromatic heterocycles. The lowest BCUT2D eigenvalue weighted by Crippen LogP contribution is -2.55. The summed E-state index contributed by atoms with van der Waals surface area (Å²) < 4.78 is 11.0. The van der Waals surface area contributed by atoms with E-state index in [-0.39, 0.29) is 24.0 Å². The Morgan fingerprint density at radius 3 is 2.71 bits per heavy atom. The van der Waals surface area contributed by atoms with Crippen molar-refractivity contribution < 1.29 is 23.9 Å². The van der Waals surface area contributed by atoms with Crippen LogP contribution in [-0.2, 0) is 19.1 Å². The zero-order valence-electron chi connectivity index (χ0n) is 22.3. The van der Waals surface area contributed by atoms with Crippen LogP contribution in [0.2, 0.25) is 0 Å². The maximum atomic E-state index is 12.8. The molecule has 8 nitrogen and oxygen atoms in total. The molecule has 0 saturated carbocycles. The zero-order valence-corrected chi connectivity index (χ0v) is 23.9. The lowest BCUT2D eigenvalue weighted by atomic mass is 9.87. The molecule has 2 bridgehead atoms. The maximum absolute atomic E-state index is 12.8. The largest absolute Gasteiger partial charge is 0.469 e. The third-order valence-corrected chi connectivity index (χ3v) is 10.5. The van der Waals surface area contributed by atoms with Gasteiger partial charge in [0.05, 0.1) is 18.0 Å². The predicted molar refractivity (Wildman–Crippen MR) is 152 cm³/mol. The summed E-state index contributed by atoms with van der Waals surface area (Å²) in [6.07, 6.45) is 8.18. The molecule has 38 heavy (non-hydrogen) atoms. The van der Waals surface area contributed by atoms with Gasteiger partial charge in [0.15, 0.2) is 0 Å². The van der Waals surface area contributed by atoms with Crippen molar-refractivity contribution in [3.05, 3.63) is 35.9 Å². The zero-order chi connectivity index (χ0) is 26.7. The molecule has 10 heteroatoms. The summed E-state index contributed by atoms with van der Waals surface area (Å²) in [6, 6.07) is 9.21. The number of hydrogen-bond donors (Lipinski definition) is 2. The Labute approximate surface area is 234 Å². The molecule has 5 atom stereocenters. The summed E-state index contributed by atoms with van der Waals surface area (Å²) in [5.74, 6) is -0.243. The van der Waals surface area contributed by atoms with Crippen LogP contribution in [0.1, 0.15) is 68.1 Å². The Morgan fingerprint density at radius 1 is 1.11 bits per heavy atom. The van der Waals surface area contributed by atoms with Crippen molar-refractivity contribution in [1.82, 2.24) is 15.5 Å². The molecule has 210 valence electrons. The predicted octanol–water partition coefficient (Wildman–Crippen LogP) is 4.01. The van der Waals surface area contributed by atoms with Crippen molar-refractivity contribution in [2.24, 2.45) is 5.92 Å². The lowest BCUT2D eigenvalue weighted by molar-refractivity contribution is -0.156. The molecule has 1 aromatic carbocycles. The van der Waals surface area contributed by atoms with Gasteiger partial charge in [-0.05, 0) is 70.2 Å². The molecule has 3 aliphatic heterocycles. The van der Waals surface area contributed by atoms with E-state index < -0.39 is 18.0 Å². The van der Waals surface area contributed by atoms with E-state index >= 15 is 0 Å². The van der Waals surface area contributed by atoms with Crippen LogP contribution >= 0.6 is 21.6 Å². The Bertz CT molecular complexity index is 915. The third-order valence-electron chi connectivity index (χ3n) is 7.78. The van der Waals surface area contributed by atoms with Gasteiger partial charge in [-0.2, -0.15) is 0 Å². The number of unbranched alkanes of at least 4 members (excludes halogenated alkanes) is 1. The second kappa shape index (κ2) is 15.1. The van der Waals surface area contributed by atoms with Crippen LogP contribution in [0.3, 0.4) is 0 Å². The molecule has 3 saturated heterocycles. The van der Waals surface area contributed by atoms with E-state index in [0.29, 0.717) is 30.3 Å². The van der Waals surface area contributed by atoms with Gasteiger partial charge in [0.25, 0.3) is 0 Å². The van der Waals surface area contributed by atoms with Gasteiger partial charge in [-0.15, -0.1) is 0 Å². The fraction of sp³-hybridized carbons (Fsp3) is 0.679.